The largest absolute Gasteiger partial charge is 0.393 e. The lowest BCUT2D eigenvalue weighted by molar-refractivity contribution is -0.139. The smallest absolute Gasteiger partial charge is 0.225 e. The van der Waals surface area contributed by atoms with E-state index in [1.165, 1.54) is 6.34 Å². The van der Waals surface area contributed by atoms with Crippen LogP contribution in [-0.2, 0) is 4.79 Å². The van der Waals surface area contributed by atoms with Gasteiger partial charge in [-0.3, -0.25) is 10.2 Å². The lowest BCUT2D eigenvalue weighted by Gasteiger charge is -2.43. The molecule has 1 rings (SSSR count). The Morgan fingerprint density at radius 3 is 2.79 bits per heavy atom. The van der Waals surface area contributed by atoms with Gasteiger partial charge in [0, 0.05) is 20.1 Å². The monoisotopic (exact) mass is 199 g/mol. The van der Waals surface area contributed by atoms with Crippen molar-refractivity contribution in [2.24, 2.45) is 0 Å². The third-order valence-electron chi connectivity index (χ3n) is 2.46. The van der Waals surface area contributed by atoms with Gasteiger partial charge in [-0.25, -0.2) is 0 Å². The number of nitrogens with one attached hydrogen (secondary N) is 1. The van der Waals surface area contributed by atoms with Crippen LogP contribution in [0.1, 0.15) is 13.3 Å². The zero-order valence-electron chi connectivity index (χ0n) is 8.60. The zero-order valence-corrected chi connectivity index (χ0v) is 8.60. The Morgan fingerprint density at radius 1 is 1.79 bits per heavy atom. The van der Waals surface area contributed by atoms with Crippen molar-refractivity contribution < 1.29 is 9.90 Å². The lowest BCUT2D eigenvalue weighted by Crippen LogP contribution is -2.60. The number of carbonyl (C=O) groups is 1. The third-order valence-corrected chi connectivity index (χ3v) is 2.46. The van der Waals surface area contributed by atoms with Crippen molar-refractivity contribution in [2.45, 2.75) is 25.5 Å². The van der Waals surface area contributed by atoms with Gasteiger partial charge in [-0.15, -0.1) is 0 Å². The van der Waals surface area contributed by atoms with Crippen molar-refractivity contribution in [1.82, 2.24) is 9.80 Å². The standard InChI is InChI=1S/C9H17N3O2/c1-7(13)3-9(14)12-4-8(5-12)11(2)6-10/h6-8,10,13H,3-5H2,1-2H3. The lowest BCUT2D eigenvalue weighted by atomic mass is 10.1. The predicted octanol–water partition coefficient (Wildman–Crippen LogP) is -0.493. The summed E-state index contributed by atoms with van der Waals surface area (Å²) in [5.74, 6) is -0.00497. The Bertz CT molecular complexity index is 224. The number of aliphatic hydroxyl groups excluding tert-OH is 1. The Balaban J connectivity index is 2.27. The van der Waals surface area contributed by atoms with E-state index < -0.39 is 6.10 Å². The fraction of sp³-hybridized carbons (Fsp3) is 0.778. The summed E-state index contributed by atoms with van der Waals surface area (Å²) in [5.41, 5.74) is 0. The molecule has 0 saturated carbocycles. The first-order chi connectivity index (χ1) is 6.54. The van der Waals surface area contributed by atoms with Gasteiger partial charge in [0.1, 0.15) is 0 Å². The van der Waals surface area contributed by atoms with Crippen molar-refractivity contribution >= 4 is 12.2 Å². The Hall–Kier alpha value is -1.10. The van der Waals surface area contributed by atoms with Crippen molar-refractivity contribution in [3.63, 3.8) is 0 Å². The summed E-state index contributed by atoms with van der Waals surface area (Å²) >= 11 is 0. The van der Waals surface area contributed by atoms with Crippen molar-refractivity contribution in [3.8, 4) is 0 Å². The van der Waals surface area contributed by atoms with Gasteiger partial charge in [-0.2, -0.15) is 0 Å². The number of rotatable bonds is 4. The van der Waals surface area contributed by atoms with Gasteiger partial charge in [0.2, 0.25) is 5.91 Å². The molecule has 1 unspecified atom stereocenters. The van der Waals surface area contributed by atoms with Gasteiger partial charge in [-0.05, 0) is 6.92 Å². The highest BCUT2D eigenvalue weighted by molar-refractivity contribution is 5.77. The first-order valence-corrected chi connectivity index (χ1v) is 4.73. The van der Waals surface area contributed by atoms with E-state index in [1.807, 2.05) is 7.05 Å². The molecule has 1 aliphatic rings. The highest BCUT2D eigenvalue weighted by atomic mass is 16.3. The Labute approximate surface area is 83.8 Å². The van der Waals surface area contributed by atoms with Crippen LogP contribution in [0.3, 0.4) is 0 Å². The van der Waals surface area contributed by atoms with E-state index in [0.717, 1.165) is 0 Å². The molecule has 5 heteroatoms. The van der Waals surface area contributed by atoms with Crippen LogP contribution < -0.4 is 0 Å². The molecule has 0 aromatic carbocycles. The van der Waals surface area contributed by atoms with Crippen LogP contribution in [0.2, 0.25) is 0 Å². The SMILES string of the molecule is CC(O)CC(=O)N1CC(N(C)C=N)C1. The molecular weight excluding hydrogens is 182 g/mol. The highest BCUT2D eigenvalue weighted by Crippen LogP contribution is 2.14. The summed E-state index contributed by atoms with van der Waals surface area (Å²) in [6, 6.07) is 0.269. The van der Waals surface area contributed by atoms with Crippen LogP contribution in [0.25, 0.3) is 0 Å². The maximum absolute atomic E-state index is 11.4. The van der Waals surface area contributed by atoms with Crippen LogP contribution >= 0.6 is 0 Å². The highest BCUT2D eigenvalue weighted by Gasteiger charge is 2.32. The normalized spacial score (nSPS) is 18.6. The summed E-state index contributed by atoms with van der Waals surface area (Å²) in [7, 11) is 1.83. The van der Waals surface area contributed by atoms with Crippen LogP contribution in [0.15, 0.2) is 0 Å². The summed E-state index contributed by atoms with van der Waals surface area (Å²) in [4.78, 5) is 14.9. The summed E-state index contributed by atoms with van der Waals surface area (Å²) in [6.07, 6.45) is 0.893. The van der Waals surface area contributed by atoms with Crippen LogP contribution in [-0.4, -0.2) is 59.4 Å². The van der Waals surface area contributed by atoms with Crippen LogP contribution in [0.5, 0.6) is 0 Å². The van der Waals surface area contributed by atoms with Gasteiger partial charge >= 0.3 is 0 Å². The number of amides is 1. The van der Waals surface area contributed by atoms with E-state index in [1.54, 1.807) is 16.7 Å². The number of carbonyl (C=O) groups excluding carboxylic acids is 1. The van der Waals surface area contributed by atoms with Crippen molar-refractivity contribution in [2.75, 3.05) is 20.1 Å². The van der Waals surface area contributed by atoms with E-state index in [2.05, 4.69) is 0 Å². The minimum atomic E-state index is -0.568. The summed E-state index contributed by atoms with van der Waals surface area (Å²) in [6.45, 7) is 2.94. The van der Waals surface area contributed by atoms with Gasteiger partial charge in [-0.1, -0.05) is 0 Å². The quantitative estimate of drug-likeness (QED) is 0.474. The molecule has 5 nitrogen and oxygen atoms in total. The van der Waals surface area contributed by atoms with E-state index >= 15 is 0 Å². The number of nitrogens with zero attached hydrogens (tertiary/aromatic N) is 2. The maximum atomic E-state index is 11.4. The Morgan fingerprint density at radius 2 is 2.36 bits per heavy atom. The first-order valence-electron chi connectivity index (χ1n) is 4.73. The molecule has 0 aliphatic carbocycles. The molecule has 0 bridgehead atoms. The van der Waals surface area contributed by atoms with Gasteiger partial charge in [0.25, 0.3) is 0 Å². The number of likely N-dealkylation sites (N-methyl/N-ethyl adjacent to an activating group) is 1. The fourth-order valence-electron chi connectivity index (χ4n) is 1.40. The van der Waals surface area contributed by atoms with E-state index in [9.17, 15) is 4.79 Å². The summed E-state index contributed by atoms with van der Waals surface area (Å²) in [5, 5.41) is 16.0. The van der Waals surface area contributed by atoms with E-state index in [-0.39, 0.29) is 18.4 Å². The molecule has 1 atom stereocenters. The second-order valence-corrected chi connectivity index (χ2v) is 3.80. The van der Waals surface area contributed by atoms with Crippen molar-refractivity contribution in [1.29, 1.82) is 5.41 Å². The molecule has 14 heavy (non-hydrogen) atoms. The minimum absolute atomic E-state index is 0.00497. The van der Waals surface area contributed by atoms with Crippen LogP contribution in [0, 0.1) is 5.41 Å². The molecule has 0 aromatic rings. The number of hydrogen-bond acceptors (Lipinski definition) is 3. The molecule has 1 heterocycles. The van der Waals surface area contributed by atoms with Crippen molar-refractivity contribution in [3.05, 3.63) is 0 Å². The van der Waals surface area contributed by atoms with E-state index in [4.69, 9.17) is 10.5 Å². The number of hydrogen-bond donors (Lipinski definition) is 2. The molecule has 0 spiro atoms. The zero-order chi connectivity index (χ0) is 10.7. The maximum Gasteiger partial charge on any atom is 0.225 e. The van der Waals surface area contributed by atoms with Crippen LogP contribution in [0.4, 0.5) is 0 Å². The third kappa shape index (κ3) is 2.45. The average Bonchev–Trinajstić information content (AvgIpc) is 1.99. The summed E-state index contributed by atoms with van der Waals surface area (Å²) < 4.78 is 0. The molecule has 1 fully saturated rings. The first kappa shape index (κ1) is 11.0. The Kier molecular flexibility index (Phi) is 3.46. The van der Waals surface area contributed by atoms with Gasteiger partial charge in [0.15, 0.2) is 0 Å². The van der Waals surface area contributed by atoms with E-state index in [0.29, 0.717) is 13.1 Å². The molecule has 1 aliphatic heterocycles. The number of aliphatic hydroxyl groups is 1. The number of likely N-dealkylation sites (tertiary alicyclic amines) is 1. The molecular formula is C9H17N3O2. The fourth-order valence-corrected chi connectivity index (χ4v) is 1.40. The molecule has 80 valence electrons. The van der Waals surface area contributed by atoms with Gasteiger partial charge < -0.3 is 14.9 Å². The topological polar surface area (TPSA) is 67.6 Å². The predicted molar refractivity (Wildman–Crippen MR) is 53.2 cm³/mol. The molecule has 0 aromatic heterocycles. The molecule has 1 amide bonds. The second kappa shape index (κ2) is 4.41. The molecule has 0 radical (unpaired) electrons. The molecule has 1 saturated heterocycles. The minimum Gasteiger partial charge on any atom is -0.393 e. The van der Waals surface area contributed by atoms with Gasteiger partial charge in [0.05, 0.1) is 24.9 Å². The second-order valence-electron chi connectivity index (χ2n) is 3.80. The molecule has 2 N–H and O–H groups in total. The average molecular weight is 199 g/mol.